The van der Waals surface area contributed by atoms with Crippen LogP contribution in [-0.4, -0.2) is 36.6 Å². The Morgan fingerprint density at radius 3 is 1.82 bits per heavy atom. The molecule has 1 saturated heterocycles. The molecule has 1 atom stereocenters. The highest BCUT2D eigenvalue weighted by Gasteiger charge is 2.34. The van der Waals surface area contributed by atoms with Gasteiger partial charge < -0.3 is 0 Å². The van der Waals surface area contributed by atoms with Crippen LogP contribution in [0.15, 0.2) is 0 Å². The lowest BCUT2D eigenvalue weighted by Crippen LogP contribution is -2.56. The van der Waals surface area contributed by atoms with Gasteiger partial charge >= 0.3 is 0 Å². The number of hydrogen-bond acceptors (Lipinski definition) is 1. The predicted octanol–water partition coefficient (Wildman–Crippen LogP) is 4.75. The van der Waals surface area contributed by atoms with E-state index < -0.39 is 0 Å². The lowest BCUT2D eigenvalue weighted by Gasteiger charge is -2.45. The molecule has 2 heteroatoms. The molecule has 2 nitrogen and oxygen atoms in total. The maximum atomic E-state index is 4.83. The first kappa shape index (κ1) is 16.8. The van der Waals surface area contributed by atoms with E-state index in [0.717, 1.165) is 31.1 Å². The normalized spacial score (nSPS) is 31.9. The summed E-state index contributed by atoms with van der Waals surface area (Å²) in [5.41, 5.74) is 0. The van der Waals surface area contributed by atoms with Gasteiger partial charge in [-0.3, -0.25) is 4.90 Å². The monoisotopic (exact) mass is 305 g/mol. The minimum Gasteiger partial charge on any atom is -0.295 e. The zero-order chi connectivity index (χ0) is 15.0. The second kappa shape index (κ2) is 9.27. The van der Waals surface area contributed by atoms with Gasteiger partial charge in [-0.2, -0.15) is 0 Å². The number of hydrogen-bond donors (Lipinski definition) is 0. The van der Waals surface area contributed by atoms with Crippen molar-refractivity contribution in [3.8, 4) is 0 Å². The van der Waals surface area contributed by atoms with Gasteiger partial charge in [0.25, 0.3) is 0 Å². The summed E-state index contributed by atoms with van der Waals surface area (Å²) in [6.45, 7) is 3.49. The van der Waals surface area contributed by atoms with Gasteiger partial charge in [0.05, 0.1) is 0 Å². The van der Waals surface area contributed by atoms with Crippen molar-refractivity contribution in [1.29, 1.82) is 0 Å². The summed E-state index contributed by atoms with van der Waals surface area (Å²) in [5, 5.41) is 4.83. The minimum absolute atomic E-state index is 0.788. The molecule has 3 fully saturated rings. The molecule has 1 unspecified atom stereocenters. The van der Waals surface area contributed by atoms with E-state index in [1.54, 1.807) is 0 Å². The molecule has 0 spiro atoms. The van der Waals surface area contributed by atoms with Crippen LogP contribution in [0.1, 0.15) is 89.9 Å². The molecule has 127 valence electrons. The van der Waals surface area contributed by atoms with Crippen molar-refractivity contribution in [1.82, 2.24) is 10.2 Å². The lowest BCUT2D eigenvalue weighted by molar-refractivity contribution is 0.0445. The maximum absolute atomic E-state index is 4.83. The van der Waals surface area contributed by atoms with Crippen LogP contribution >= 0.6 is 0 Å². The van der Waals surface area contributed by atoms with Gasteiger partial charge in [-0.05, 0) is 31.6 Å². The molecule has 1 aliphatic heterocycles. The van der Waals surface area contributed by atoms with Crippen LogP contribution in [0.2, 0.25) is 0 Å². The van der Waals surface area contributed by atoms with Crippen LogP contribution in [-0.2, 0) is 0 Å². The van der Waals surface area contributed by atoms with E-state index in [2.05, 4.69) is 4.90 Å². The molecule has 1 radical (unpaired) electrons. The van der Waals surface area contributed by atoms with E-state index in [-0.39, 0.29) is 0 Å². The second-order valence-electron chi connectivity index (χ2n) is 8.04. The Morgan fingerprint density at radius 2 is 1.18 bits per heavy atom. The molecule has 2 saturated carbocycles. The van der Waals surface area contributed by atoms with Gasteiger partial charge in [0.2, 0.25) is 0 Å². The number of nitrogens with zero attached hydrogens (tertiary/aromatic N) is 2. The Bertz CT molecular complexity index is 258. The van der Waals surface area contributed by atoms with Crippen LogP contribution in [0.4, 0.5) is 0 Å². The summed E-state index contributed by atoms with van der Waals surface area (Å²) in [4.78, 5) is 2.95. The van der Waals surface area contributed by atoms with Gasteiger partial charge in [-0.1, -0.05) is 64.2 Å². The summed E-state index contributed by atoms with van der Waals surface area (Å²) >= 11 is 0. The van der Waals surface area contributed by atoms with E-state index in [0.29, 0.717) is 0 Å². The molecular weight excluding hydrogens is 268 g/mol. The topological polar surface area (TPSA) is 17.3 Å². The smallest absolute Gasteiger partial charge is 0.0293 e. The van der Waals surface area contributed by atoms with Crippen LogP contribution in [0.25, 0.3) is 0 Å². The molecule has 3 rings (SSSR count). The zero-order valence-corrected chi connectivity index (χ0v) is 14.6. The zero-order valence-electron chi connectivity index (χ0n) is 14.6. The fourth-order valence-corrected chi connectivity index (χ4v) is 5.19. The van der Waals surface area contributed by atoms with Crippen molar-refractivity contribution < 1.29 is 0 Å². The number of piperazine rings is 1. The van der Waals surface area contributed by atoms with Crippen LogP contribution in [0.5, 0.6) is 0 Å². The van der Waals surface area contributed by atoms with Crippen molar-refractivity contribution in [2.45, 2.75) is 102 Å². The van der Waals surface area contributed by atoms with Gasteiger partial charge in [-0.15, -0.1) is 0 Å². The van der Waals surface area contributed by atoms with Crippen molar-refractivity contribution in [3.05, 3.63) is 0 Å². The Morgan fingerprint density at radius 1 is 0.636 bits per heavy atom. The molecule has 0 aromatic carbocycles. The van der Waals surface area contributed by atoms with Crippen LogP contribution < -0.4 is 5.32 Å². The summed E-state index contributed by atoms with van der Waals surface area (Å²) in [6.07, 6.45) is 20.6. The highest BCUT2D eigenvalue weighted by atomic mass is 15.2. The van der Waals surface area contributed by atoms with Crippen LogP contribution in [0, 0.1) is 5.92 Å². The first-order valence-electron chi connectivity index (χ1n) is 10.3. The van der Waals surface area contributed by atoms with Gasteiger partial charge in [0.15, 0.2) is 0 Å². The average molecular weight is 306 g/mol. The van der Waals surface area contributed by atoms with Crippen molar-refractivity contribution in [2.24, 2.45) is 5.92 Å². The third kappa shape index (κ3) is 4.71. The molecule has 1 heterocycles. The molecule has 3 aliphatic rings. The molecule has 0 bridgehead atoms. The third-order valence-corrected chi connectivity index (χ3v) is 6.50. The molecule has 2 aliphatic carbocycles. The van der Waals surface area contributed by atoms with Crippen molar-refractivity contribution >= 4 is 0 Å². The standard InChI is InChI=1S/C20H37N2/c1-3-7-11-18(12-8-4-1)20-17-21-15-16-22(20)19-13-9-5-2-6-10-14-19/h18-20H,1-17H2. The van der Waals surface area contributed by atoms with E-state index in [9.17, 15) is 0 Å². The van der Waals surface area contributed by atoms with Gasteiger partial charge in [0.1, 0.15) is 0 Å². The summed E-state index contributed by atoms with van der Waals surface area (Å²) in [6, 6.07) is 1.67. The summed E-state index contributed by atoms with van der Waals surface area (Å²) in [7, 11) is 0. The van der Waals surface area contributed by atoms with Crippen molar-refractivity contribution in [3.63, 3.8) is 0 Å². The second-order valence-corrected chi connectivity index (χ2v) is 8.04. The fourth-order valence-electron chi connectivity index (χ4n) is 5.19. The third-order valence-electron chi connectivity index (χ3n) is 6.50. The van der Waals surface area contributed by atoms with E-state index >= 15 is 0 Å². The van der Waals surface area contributed by atoms with Gasteiger partial charge in [-0.25, -0.2) is 5.32 Å². The SMILES string of the molecule is C1CCCC(C2C[N]CCN2C2CCCCCCC2)CCC1. The first-order chi connectivity index (χ1) is 10.9. The Kier molecular flexibility index (Phi) is 7.07. The quantitative estimate of drug-likeness (QED) is 0.719. The molecule has 0 amide bonds. The molecule has 0 aromatic heterocycles. The van der Waals surface area contributed by atoms with Gasteiger partial charge in [0, 0.05) is 31.7 Å². The van der Waals surface area contributed by atoms with Crippen molar-refractivity contribution in [2.75, 3.05) is 19.6 Å². The average Bonchev–Trinajstić information content (AvgIpc) is 2.47. The fraction of sp³-hybridized carbons (Fsp3) is 1.00. The molecule has 0 aromatic rings. The predicted molar refractivity (Wildman–Crippen MR) is 94.3 cm³/mol. The van der Waals surface area contributed by atoms with E-state index in [1.807, 2.05) is 0 Å². The Balaban J connectivity index is 1.63. The highest BCUT2D eigenvalue weighted by molar-refractivity contribution is 4.90. The Hall–Kier alpha value is -0.0800. The lowest BCUT2D eigenvalue weighted by atomic mass is 9.83. The molecule has 0 N–H and O–H groups in total. The first-order valence-corrected chi connectivity index (χ1v) is 10.3. The van der Waals surface area contributed by atoms with E-state index in [1.165, 1.54) is 96.4 Å². The number of rotatable bonds is 2. The minimum atomic E-state index is 0.788. The van der Waals surface area contributed by atoms with E-state index in [4.69, 9.17) is 5.32 Å². The van der Waals surface area contributed by atoms with Crippen LogP contribution in [0.3, 0.4) is 0 Å². The summed E-state index contributed by atoms with van der Waals surface area (Å²) in [5.74, 6) is 0.940. The largest absolute Gasteiger partial charge is 0.295 e. The molecule has 22 heavy (non-hydrogen) atoms. The summed E-state index contributed by atoms with van der Waals surface area (Å²) < 4.78 is 0. The molecular formula is C20H37N2. The highest BCUT2D eigenvalue weighted by Crippen LogP contribution is 2.32. The Labute approximate surface area is 138 Å². The maximum Gasteiger partial charge on any atom is 0.0293 e.